The van der Waals surface area contributed by atoms with Gasteiger partial charge in [-0.15, -0.1) is 0 Å². The van der Waals surface area contributed by atoms with Gasteiger partial charge in [0.05, 0.1) is 18.1 Å². The summed E-state index contributed by atoms with van der Waals surface area (Å²) in [5, 5.41) is 8.89. The number of carbonyl (C=O) groups is 1. The molecule has 4 atom stereocenters. The topological polar surface area (TPSA) is 77.8 Å². The van der Waals surface area contributed by atoms with Crippen molar-refractivity contribution in [3.8, 4) is 6.07 Å². The fourth-order valence-electron chi connectivity index (χ4n) is 2.74. The van der Waals surface area contributed by atoms with Gasteiger partial charge in [-0.1, -0.05) is 18.2 Å². The third-order valence-corrected chi connectivity index (χ3v) is 3.63. The zero-order valence-electron chi connectivity index (χ0n) is 12.4. The van der Waals surface area contributed by atoms with Gasteiger partial charge in [-0.25, -0.2) is 4.79 Å². The van der Waals surface area contributed by atoms with Crippen LogP contribution in [0.3, 0.4) is 0 Å². The average molecular weight is 303 g/mol. The maximum Gasteiger partial charge on any atom is 0.340 e. The maximum atomic E-state index is 12.2. The molecule has 2 aliphatic heterocycles. The van der Waals surface area contributed by atoms with Crippen LogP contribution < -0.4 is 0 Å². The van der Waals surface area contributed by atoms with Crippen LogP contribution in [0.25, 0.3) is 0 Å². The molecule has 0 radical (unpaired) electrons. The summed E-state index contributed by atoms with van der Waals surface area (Å²) in [7, 11) is 0. The Morgan fingerprint density at radius 3 is 2.64 bits per heavy atom. The Balaban J connectivity index is 1.74. The van der Waals surface area contributed by atoms with Gasteiger partial charge >= 0.3 is 5.97 Å². The van der Waals surface area contributed by atoms with Crippen LogP contribution >= 0.6 is 0 Å². The molecule has 2 fully saturated rings. The van der Waals surface area contributed by atoms with Crippen molar-refractivity contribution in [3.63, 3.8) is 0 Å². The van der Waals surface area contributed by atoms with Crippen LogP contribution in [0.15, 0.2) is 30.3 Å². The Bertz CT molecular complexity index is 594. The molecule has 2 heterocycles. The lowest BCUT2D eigenvalue weighted by atomic mass is 10.1. The van der Waals surface area contributed by atoms with Crippen molar-refractivity contribution in [1.82, 2.24) is 0 Å². The summed E-state index contributed by atoms with van der Waals surface area (Å²) in [5.41, 5.74) is 0.435. The minimum absolute atomic E-state index is 0.153. The zero-order chi connectivity index (χ0) is 15.7. The second kappa shape index (κ2) is 5.69. The molecule has 1 aromatic rings. The molecule has 0 spiro atoms. The monoisotopic (exact) mass is 303 g/mol. The van der Waals surface area contributed by atoms with Gasteiger partial charge in [-0.3, -0.25) is 0 Å². The predicted molar refractivity (Wildman–Crippen MR) is 74.6 cm³/mol. The summed E-state index contributed by atoms with van der Waals surface area (Å²) in [6, 6.07) is 10.7. The van der Waals surface area contributed by atoms with Crippen molar-refractivity contribution < 1.29 is 23.7 Å². The largest absolute Gasteiger partial charge is 0.429 e. The van der Waals surface area contributed by atoms with Crippen LogP contribution in [0.5, 0.6) is 0 Å². The number of nitriles is 1. The molecule has 0 unspecified atom stereocenters. The first-order valence-electron chi connectivity index (χ1n) is 7.14. The molecule has 22 heavy (non-hydrogen) atoms. The number of ether oxygens (including phenoxy) is 4. The van der Waals surface area contributed by atoms with Crippen LogP contribution in [0.2, 0.25) is 0 Å². The molecular formula is C16H17NO5. The highest BCUT2D eigenvalue weighted by atomic mass is 16.8. The minimum Gasteiger partial charge on any atom is -0.429 e. The average Bonchev–Trinajstić information content (AvgIpc) is 2.96. The minimum atomic E-state index is -0.877. The highest BCUT2D eigenvalue weighted by Crippen LogP contribution is 2.40. The summed E-state index contributed by atoms with van der Waals surface area (Å²) >= 11 is 0. The van der Waals surface area contributed by atoms with Gasteiger partial charge in [0, 0.05) is 0 Å². The summed E-state index contributed by atoms with van der Waals surface area (Å²) in [5.74, 6) is -1.28. The Morgan fingerprint density at radius 1 is 1.27 bits per heavy atom. The first kappa shape index (κ1) is 15.0. The lowest BCUT2D eigenvalue weighted by Gasteiger charge is -2.23. The molecule has 3 rings (SSSR count). The third-order valence-electron chi connectivity index (χ3n) is 3.63. The van der Waals surface area contributed by atoms with E-state index in [2.05, 4.69) is 6.07 Å². The van der Waals surface area contributed by atoms with Crippen molar-refractivity contribution in [3.05, 3.63) is 35.9 Å². The summed E-state index contributed by atoms with van der Waals surface area (Å²) < 4.78 is 22.6. The fourth-order valence-corrected chi connectivity index (χ4v) is 2.74. The van der Waals surface area contributed by atoms with Crippen LogP contribution in [0.4, 0.5) is 0 Å². The molecule has 0 N–H and O–H groups in total. The third kappa shape index (κ3) is 2.83. The van der Waals surface area contributed by atoms with E-state index in [-0.39, 0.29) is 6.42 Å². The van der Waals surface area contributed by atoms with Crippen molar-refractivity contribution in [2.75, 3.05) is 0 Å². The number of hydrogen-bond donors (Lipinski definition) is 0. The van der Waals surface area contributed by atoms with Crippen molar-refractivity contribution in [2.45, 2.75) is 50.7 Å². The highest BCUT2D eigenvalue weighted by molar-refractivity contribution is 5.89. The smallest absolute Gasteiger partial charge is 0.340 e. The Morgan fingerprint density at radius 2 is 1.95 bits per heavy atom. The fraction of sp³-hybridized carbons (Fsp3) is 0.500. The van der Waals surface area contributed by atoms with Gasteiger partial charge < -0.3 is 18.9 Å². The molecule has 1 aromatic carbocycles. The molecular weight excluding hydrogens is 286 g/mol. The number of fused-ring (bicyclic) bond motifs is 1. The van der Waals surface area contributed by atoms with E-state index >= 15 is 0 Å². The van der Waals surface area contributed by atoms with Crippen LogP contribution in [0, 0.1) is 11.3 Å². The van der Waals surface area contributed by atoms with Crippen LogP contribution in [-0.4, -0.2) is 36.4 Å². The SMILES string of the molecule is CC1(C)O[C@H]2[C@H](OC(=O)c3ccccc3)O[C@H](CC#N)[C@H]2O1. The molecule has 116 valence electrons. The molecule has 2 saturated heterocycles. The molecule has 0 aliphatic carbocycles. The van der Waals surface area contributed by atoms with E-state index < -0.39 is 36.4 Å². The molecule has 0 bridgehead atoms. The number of benzene rings is 1. The van der Waals surface area contributed by atoms with Crippen molar-refractivity contribution in [1.29, 1.82) is 5.26 Å². The summed E-state index contributed by atoms with van der Waals surface area (Å²) in [6.07, 6.45) is -2.13. The number of nitrogens with zero attached hydrogens (tertiary/aromatic N) is 1. The number of hydrogen-bond acceptors (Lipinski definition) is 6. The molecule has 6 heteroatoms. The number of esters is 1. The molecule has 0 saturated carbocycles. The van der Waals surface area contributed by atoms with E-state index in [1.807, 2.05) is 6.07 Å². The van der Waals surface area contributed by atoms with Gasteiger partial charge in [-0.05, 0) is 26.0 Å². The number of rotatable bonds is 3. The van der Waals surface area contributed by atoms with Gasteiger partial charge in [0.1, 0.15) is 12.2 Å². The van der Waals surface area contributed by atoms with Gasteiger partial charge in [0.25, 0.3) is 0 Å². The predicted octanol–water partition coefficient (Wildman–Crippen LogP) is 2.00. The maximum absolute atomic E-state index is 12.2. The number of carbonyl (C=O) groups excluding carboxylic acids is 1. The lowest BCUT2D eigenvalue weighted by Crippen LogP contribution is -2.33. The van der Waals surface area contributed by atoms with E-state index in [0.717, 1.165) is 0 Å². The summed E-state index contributed by atoms with van der Waals surface area (Å²) in [6.45, 7) is 3.57. The zero-order valence-corrected chi connectivity index (χ0v) is 12.4. The first-order chi connectivity index (χ1) is 10.5. The standard InChI is InChI=1S/C16H17NO5/c1-16(2)21-12-11(8-9-17)19-15(13(12)22-16)20-14(18)10-6-4-3-5-7-10/h3-7,11-13,15H,8H2,1-2H3/t11-,12-,13-,15+/m1/s1. The lowest BCUT2D eigenvalue weighted by molar-refractivity contribution is -0.219. The Labute approximate surface area is 128 Å². The molecule has 2 aliphatic rings. The van der Waals surface area contributed by atoms with Crippen molar-refractivity contribution >= 4 is 5.97 Å². The van der Waals surface area contributed by atoms with E-state index in [1.54, 1.807) is 38.1 Å². The van der Waals surface area contributed by atoms with Gasteiger partial charge in [-0.2, -0.15) is 5.26 Å². The molecule has 0 aromatic heterocycles. The Hall–Kier alpha value is -1.94. The van der Waals surface area contributed by atoms with E-state index in [9.17, 15) is 4.79 Å². The van der Waals surface area contributed by atoms with E-state index in [0.29, 0.717) is 5.56 Å². The van der Waals surface area contributed by atoms with Crippen molar-refractivity contribution in [2.24, 2.45) is 0 Å². The molecule has 6 nitrogen and oxygen atoms in total. The van der Waals surface area contributed by atoms with Crippen LogP contribution in [0.1, 0.15) is 30.6 Å². The van der Waals surface area contributed by atoms with Gasteiger partial charge in [0.2, 0.25) is 6.29 Å². The van der Waals surface area contributed by atoms with E-state index in [1.165, 1.54) is 0 Å². The highest BCUT2D eigenvalue weighted by Gasteiger charge is 2.56. The Kier molecular flexibility index (Phi) is 3.87. The normalized spacial score (nSPS) is 32.2. The van der Waals surface area contributed by atoms with Crippen LogP contribution in [-0.2, 0) is 18.9 Å². The summed E-state index contributed by atoms with van der Waals surface area (Å²) in [4.78, 5) is 12.2. The van der Waals surface area contributed by atoms with E-state index in [4.69, 9.17) is 24.2 Å². The second-order valence-electron chi connectivity index (χ2n) is 5.74. The molecule has 0 amide bonds. The quantitative estimate of drug-likeness (QED) is 0.795. The van der Waals surface area contributed by atoms with Gasteiger partial charge in [0.15, 0.2) is 11.9 Å². The first-order valence-corrected chi connectivity index (χ1v) is 7.14. The second-order valence-corrected chi connectivity index (χ2v) is 5.74.